The van der Waals surface area contributed by atoms with Crippen LogP contribution in [0.5, 0.6) is 0 Å². The summed E-state index contributed by atoms with van der Waals surface area (Å²) < 4.78 is 0.683. The third-order valence-electron chi connectivity index (χ3n) is 6.81. The van der Waals surface area contributed by atoms with Gasteiger partial charge in [0.05, 0.1) is 10.0 Å². The molecule has 0 radical (unpaired) electrons. The topological polar surface area (TPSA) is 163 Å². The second-order valence-corrected chi connectivity index (χ2v) is 10.4. The minimum Gasteiger partial charge on any atom is -0.481 e. The van der Waals surface area contributed by atoms with Crippen molar-refractivity contribution in [2.45, 2.75) is 50.5 Å². The lowest BCUT2D eigenvalue weighted by molar-refractivity contribution is -0.147. The number of carboxylic acids is 1. The maximum absolute atomic E-state index is 12.8. The van der Waals surface area contributed by atoms with Gasteiger partial charge in [0.2, 0.25) is 17.8 Å². The highest BCUT2D eigenvalue weighted by molar-refractivity contribution is 9.10. The summed E-state index contributed by atoms with van der Waals surface area (Å²) in [4.78, 5) is 46.4. The minimum absolute atomic E-state index is 0.162. The van der Waals surface area contributed by atoms with E-state index in [1.165, 1.54) is 0 Å². The molecule has 0 spiro atoms. The molecule has 2 aliphatic rings. The molecule has 1 aliphatic heterocycles. The first-order valence-electron chi connectivity index (χ1n) is 12.5. The van der Waals surface area contributed by atoms with E-state index in [1.54, 1.807) is 17.2 Å². The van der Waals surface area contributed by atoms with E-state index >= 15 is 0 Å². The van der Waals surface area contributed by atoms with Crippen molar-refractivity contribution < 1.29 is 19.5 Å². The van der Waals surface area contributed by atoms with Crippen LogP contribution < -0.4 is 21.7 Å². The van der Waals surface area contributed by atoms with E-state index in [0.717, 1.165) is 19.3 Å². The maximum atomic E-state index is 12.8. The molecule has 1 aromatic carbocycles. The van der Waals surface area contributed by atoms with Crippen molar-refractivity contribution in [3.63, 3.8) is 0 Å². The average molecular weight is 574 g/mol. The molecule has 37 heavy (non-hydrogen) atoms. The van der Waals surface area contributed by atoms with E-state index in [4.69, 9.17) is 10.8 Å². The van der Waals surface area contributed by atoms with Crippen LogP contribution in [0.25, 0.3) is 0 Å². The highest BCUT2D eigenvalue weighted by Crippen LogP contribution is 2.28. The summed E-state index contributed by atoms with van der Waals surface area (Å²) in [5.41, 5.74) is 6.88. The van der Waals surface area contributed by atoms with Crippen molar-refractivity contribution in [3.8, 4) is 0 Å². The summed E-state index contributed by atoms with van der Waals surface area (Å²) in [6.07, 6.45) is 7.04. The number of carbonyl (C=O) groups is 3. The molecule has 2 amide bonds. The van der Waals surface area contributed by atoms with Crippen LogP contribution >= 0.6 is 15.9 Å². The Kier molecular flexibility index (Phi) is 8.59. The highest BCUT2D eigenvalue weighted by atomic mass is 79.9. The molecule has 6 N–H and O–H groups in total. The van der Waals surface area contributed by atoms with Crippen LogP contribution in [-0.2, 0) is 14.4 Å². The second-order valence-electron chi connectivity index (χ2n) is 9.55. The maximum Gasteiger partial charge on any atom is 0.316 e. The van der Waals surface area contributed by atoms with Gasteiger partial charge in [0, 0.05) is 37.2 Å². The predicted molar refractivity (Wildman–Crippen MR) is 144 cm³/mol. The van der Waals surface area contributed by atoms with E-state index in [2.05, 4.69) is 41.8 Å². The molecular weight excluding hydrogens is 542 g/mol. The Morgan fingerprint density at radius 2 is 1.97 bits per heavy atom. The van der Waals surface area contributed by atoms with Crippen LogP contribution in [0.4, 0.5) is 23.1 Å². The largest absolute Gasteiger partial charge is 0.481 e. The van der Waals surface area contributed by atoms with E-state index in [1.807, 2.05) is 18.2 Å². The number of hydrogen-bond donors (Lipinski definition) is 5. The molecule has 198 valence electrons. The van der Waals surface area contributed by atoms with Gasteiger partial charge < -0.3 is 31.7 Å². The van der Waals surface area contributed by atoms with Crippen molar-refractivity contribution in [1.29, 1.82) is 0 Å². The molecule has 2 aromatic rings. The third-order valence-corrected chi connectivity index (χ3v) is 7.39. The lowest BCUT2D eigenvalue weighted by Gasteiger charge is -2.31. The third kappa shape index (κ3) is 6.75. The van der Waals surface area contributed by atoms with Crippen molar-refractivity contribution in [2.75, 3.05) is 35.6 Å². The van der Waals surface area contributed by atoms with Gasteiger partial charge in [0.1, 0.15) is 11.7 Å². The normalized spacial score (nSPS) is 18.9. The van der Waals surface area contributed by atoms with Gasteiger partial charge in [-0.1, -0.05) is 25.3 Å². The van der Waals surface area contributed by atoms with Gasteiger partial charge in [-0.05, 0) is 59.8 Å². The lowest BCUT2D eigenvalue weighted by Crippen LogP contribution is -2.52. The molecule has 1 aliphatic carbocycles. The fraction of sp³-hybridized carbons (Fsp3) is 0.480. The molecule has 11 nitrogen and oxygen atoms in total. The second kappa shape index (κ2) is 11.9. The monoisotopic (exact) mass is 573 g/mol. The number of nitrogens with one attached hydrogen (secondary N) is 3. The number of halogens is 1. The molecule has 4 rings (SSSR count). The Balaban J connectivity index is 1.31. The number of aliphatic carboxylic acids is 1. The molecular formula is C25H32BrN7O4. The number of amides is 2. The minimum atomic E-state index is -1.06. The zero-order valence-corrected chi connectivity index (χ0v) is 22.1. The molecule has 2 fully saturated rings. The lowest BCUT2D eigenvalue weighted by atomic mass is 9.82. The number of aromatic nitrogens is 2. The van der Waals surface area contributed by atoms with Crippen LogP contribution in [0, 0.1) is 5.92 Å². The van der Waals surface area contributed by atoms with Gasteiger partial charge in [-0.2, -0.15) is 4.98 Å². The Morgan fingerprint density at radius 3 is 2.70 bits per heavy atom. The van der Waals surface area contributed by atoms with Crippen molar-refractivity contribution in [3.05, 3.63) is 34.9 Å². The molecule has 2 heterocycles. The number of rotatable bonds is 10. The van der Waals surface area contributed by atoms with Crippen LogP contribution in [0.1, 0.15) is 44.9 Å². The number of likely N-dealkylation sites (tertiary alicyclic amines) is 1. The van der Waals surface area contributed by atoms with Crippen molar-refractivity contribution >= 4 is 56.9 Å². The predicted octanol–water partition coefficient (Wildman–Crippen LogP) is 3.32. The zero-order valence-electron chi connectivity index (χ0n) is 20.5. The molecule has 0 bridgehead atoms. The SMILES string of the molecule is NC1(C(=O)Nc2cccc(Nc3ncc(Br)c(NCCCN4CCC(C(=O)O)C4=O)n3)c2)CCCCC1. The van der Waals surface area contributed by atoms with Crippen LogP contribution in [0.2, 0.25) is 0 Å². The van der Waals surface area contributed by atoms with Gasteiger partial charge in [0.25, 0.3) is 0 Å². The van der Waals surface area contributed by atoms with Crippen molar-refractivity contribution in [2.24, 2.45) is 11.7 Å². The van der Waals surface area contributed by atoms with E-state index in [0.29, 0.717) is 72.9 Å². The molecule has 1 atom stereocenters. The summed E-state index contributed by atoms with van der Waals surface area (Å²) in [5, 5.41) is 18.4. The van der Waals surface area contributed by atoms with E-state index < -0.39 is 17.4 Å². The van der Waals surface area contributed by atoms with Gasteiger partial charge in [-0.3, -0.25) is 14.4 Å². The van der Waals surface area contributed by atoms with Gasteiger partial charge >= 0.3 is 5.97 Å². The smallest absolute Gasteiger partial charge is 0.316 e. The van der Waals surface area contributed by atoms with Crippen LogP contribution in [-0.4, -0.2) is 62.9 Å². The van der Waals surface area contributed by atoms with E-state index in [9.17, 15) is 14.4 Å². The summed E-state index contributed by atoms with van der Waals surface area (Å²) in [5.74, 6) is -1.51. The fourth-order valence-corrected chi connectivity index (χ4v) is 5.02. The Bertz CT molecular complexity index is 1160. The number of nitrogens with zero attached hydrogens (tertiary/aromatic N) is 3. The first-order chi connectivity index (χ1) is 17.7. The molecule has 12 heteroatoms. The summed E-state index contributed by atoms with van der Waals surface area (Å²) >= 11 is 3.44. The average Bonchev–Trinajstić information content (AvgIpc) is 3.24. The molecule has 1 saturated heterocycles. The van der Waals surface area contributed by atoms with Crippen molar-refractivity contribution in [1.82, 2.24) is 14.9 Å². The van der Waals surface area contributed by atoms with Crippen LogP contribution in [0.3, 0.4) is 0 Å². The quantitative estimate of drug-likeness (QED) is 0.212. The Hall–Kier alpha value is -3.25. The zero-order chi connectivity index (χ0) is 26.4. The highest BCUT2D eigenvalue weighted by Gasteiger charge is 2.36. The number of anilines is 4. The Labute approximate surface area is 223 Å². The summed E-state index contributed by atoms with van der Waals surface area (Å²) in [6.45, 7) is 1.48. The number of nitrogens with two attached hydrogens (primary N) is 1. The number of hydrogen-bond acceptors (Lipinski definition) is 8. The standard InChI is InChI=1S/C25H32BrN7O4/c26-19-15-29-24(32-20(19)28-11-5-12-33-13-8-18(21(33)34)22(35)36)31-17-7-4-6-16(14-17)30-23(37)25(27)9-2-1-3-10-25/h4,6-7,14-15,18H,1-3,5,8-13,27H2,(H,30,37)(H,35,36)(H2,28,29,31,32). The first kappa shape index (κ1) is 26.8. The summed E-state index contributed by atoms with van der Waals surface area (Å²) in [6, 6.07) is 7.30. The molecule has 1 saturated carbocycles. The fourth-order valence-electron chi connectivity index (χ4n) is 4.69. The van der Waals surface area contributed by atoms with E-state index in [-0.39, 0.29) is 11.8 Å². The van der Waals surface area contributed by atoms with Gasteiger partial charge in [-0.15, -0.1) is 0 Å². The van der Waals surface area contributed by atoms with Gasteiger partial charge in [-0.25, -0.2) is 4.98 Å². The summed E-state index contributed by atoms with van der Waals surface area (Å²) in [7, 11) is 0. The van der Waals surface area contributed by atoms with Gasteiger partial charge in [0.15, 0.2) is 0 Å². The first-order valence-corrected chi connectivity index (χ1v) is 13.3. The number of carbonyl (C=O) groups excluding carboxylic acids is 2. The van der Waals surface area contributed by atoms with Crippen LogP contribution in [0.15, 0.2) is 34.9 Å². The number of carboxylic acid groups (broad SMARTS) is 1. The number of benzene rings is 1. The molecule has 1 aromatic heterocycles. The molecule has 1 unspecified atom stereocenters. The Morgan fingerprint density at radius 1 is 1.22 bits per heavy atom.